The van der Waals surface area contributed by atoms with Gasteiger partial charge in [-0.1, -0.05) is 18.2 Å². The number of piperazine rings is 1. The molecule has 6 rings (SSSR count). The fraction of sp³-hybridized carbons (Fsp3) is 0.514. The minimum atomic E-state index is -0.782. The number of hydrogen-bond acceptors (Lipinski definition) is 5. The van der Waals surface area contributed by atoms with Gasteiger partial charge >= 0.3 is 0 Å². The molecule has 5 atom stereocenters. The minimum Gasteiger partial charge on any atom is -0.488 e. The third-order valence-corrected chi connectivity index (χ3v) is 10.6. The number of halogens is 3. The third kappa shape index (κ3) is 5.90. The van der Waals surface area contributed by atoms with Crippen molar-refractivity contribution >= 4 is 35.4 Å². The average Bonchev–Trinajstić information content (AvgIpc) is 3.67. The molecule has 2 saturated heterocycles. The Labute approximate surface area is 274 Å². The quantitative estimate of drug-likeness (QED) is 0.157. The highest BCUT2D eigenvalue weighted by atomic mass is 35.5. The van der Waals surface area contributed by atoms with Gasteiger partial charge in [0, 0.05) is 67.6 Å². The van der Waals surface area contributed by atoms with Crippen molar-refractivity contribution < 1.29 is 23.1 Å². The molecule has 3 aliphatic heterocycles. The van der Waals surface area contributed by atoms with E-state index >= 15 is 4.39 Å². The Morgan fingerprint density at radius 3 is 2.54 bits per heavy atom. The van der Waals surface area contributed by atoms with Crippen LogP contribution in [0.15, 0.2) is 41.9 Å². The Morgan fingerprint density at radius 1 is 1.13 bits per heavy atom. The second kappa shape index (κ2) is 13.3. The molecule has 2 amide bonds. The molecule has 1 aliphatic carbocycles. The number of piperidine rings is 1. The molecule has 11 heteroatoms. The number of aliphatic imine (C=N–C) groups is 1. The van der Waals surface area contributed by atoms with Crippen LogP contribution in [0.4, 0.5) is 14.5 Å². The van der Waals surface area contributed by atoms with Gasteiger partial charge in [-0.15, -0.1) is 0 Å². The highest BCUT2D eigenvalue weighted by Gasteiger charge is 2.40. The van der Waals surface area contributed by atoms with Crippen LogP contribution in [0.1, 0.15) is 51.5 Å². The predicted molar refractivity (Wildman–Crippen MR) is 177 cm³/mol. The number of ether oxygens (including phenoxy) is 1. The Kier molecular flexibility index (Phi) is 9.39. The standard InChI is InChI=1S/C35H42ClF2N5O3/c1-5-31(45)41-16-22(3)42(17-21(41)2)35(39-4)28-15-29(36)32(27-11-9-24(37)14-30(27)38)34-33(28)43(20-44)26(19-46-34)7-6-12-40-18-23-8-10-25(40)13-23/h5,9,11,14-15,20-23,25-26H,1,6-8,10,12-13,16-19H2,2-4H3/t21-,22?,23?,25?,26?/m1/s1. The minimum absolute atomic E-state index is 0.0797. The van der Waals surface area contributed by atoms with E-state index in [1.807, 2.05) is 13.8 Å². The van der Waals surface area contributed by atoms with Gasteiger partial charge in [0.05, 0.1) is 16.8 Å². The maximum Gasteiger partial charge on any atom is 0.246 e. The molecule has 8 nitrogen and oxygen atoms in total. The molecule has 246 valence electrons. The number of fused-ring (bicyclic) bond motifs is 3. The maximum atomic E-state index is 15.2. The van der Waals surface area contributed by atoms with E-state index in [0.29, 0.717) is 36.2 Å². The van der Waals surface area contributed by atoms with E-state index in [1.54, 1.807) is 22.9 Å². The second-order valence-corrected chi connectivity index (χ2v) is 13.5. The highest BCUT2D eigenvalue weighted by molar-refractivity contribution is 6.35. The van der Waals surface area contributed by atoms with Crippen molar-refractivity contribution in [3.8, 4) is 16.9 Å². The average molecular weight is 654 g/mol. The van der Waals surface area contributed by atoms with Crippen LogP contribution in [0.3, 0.4) is 0 Å². The summed E-state index contributed by atoms with van der Waals surface area (Å²) >= 11 is 6.93. The molecule has 0 N–H and O–H groups in total. The van der Waals surface area contributed by atoms with Crippen LogP contribution in [-0.2, 0) is 9.59 Å². The number of amides is 2. The summed E-state index contributed by atoms with van der Waals surface area (Å²) in [6, 6.07) is 5.18. The van der Waals surface area contributed by atoms with Crippen LogP contribution in [0.2, 0.25) is 5.02 Å². The first-order chi connectivity index (χ1) is 22.1. The number of nitrogens with zero attached hydrogens (tertiary/aromatic N) is 5. The fourth-order valence-corrected chi connectivity index (χ4v) is 8.31. The Hall–Kier alpha value is -3.50. The molecular weight excluding hydrogens is 612 g/mol. The molecule has 2 bridgehead atoms. The van der Waals surface area contributed by atoms with Gasteiger partial charge in [0.2, 0.25) is 12.3 Å². The lowest BCUT2D eigenvalue weighted by molar-refractivity contribution is -0.130. The van der Waals surface area contributed by atoms with E-state index in [-0.39, 0.29) is 52.5 Å². The summed E-state index contributed by atoms with van der Waals surface area (Å²) in [5.74, 6) is 0.0315. The topological polar surface area (TPSA) is 68.7 Å². The van der Waals surface area contributed by atoms with E-state index in [0.717, 1.165) is 44.3 Å². The van der Waals surface area contributed by atoms with Gasteiger partial charge in [0.25, 0.3) is 0 Å². The molecule has 0 spiro atoms. The molecule has 0 radical (unpaired) electrons. The number of amidine groups is 1. The zero-order chi connectivity index (χ0) is 32.7. The zero-order valence-electron chi connectivity index (χ0n) is 26.7. The van der Waals surface area contributed by atoms with Crippen LogP contribution in [0, 0.1) is 17.6 Å². The summed E-state index contributed by atoms with van der Waals surface area (Å²) in [6.07, 6.45) is 7.65. The van der Waals surface area contributed by atoms with Crippen molar-refractivity contribution in [2.45, 2.75) is 70.1 Å². The number of carbonyl (C=O) groups excluding carboxylic acids is 2. The smallest absolute Gasteiger partial charge is 0.246 e. The van der Waals surface area contributed by atoms with Crippen LogP contribution in [0.25, 0.3) is 11.1 Å². The Balaban J connectivity index is 1.38. The fourth-order valence-electron chi connectivity index (χ4n) is 8.01. The number of carbonyl (C=O) groups is 2. The summed E-state index contributed by atoms with van der Waals surface area (Å²) < 4.78 is 35.6. The largest absolute Gasteiger partial charge is 0.488 e. The van der Waals surface area contributed by atoms with Crippen LogP contribution in [-0.4, -0.2) is 96.9 Å². The van der Waals surface area contributed by atoms with Gasteiger partial charge in [-0.2, -0.15) is 0 Å². The molecule has 3 fully saturated rings. The summed E-state index contributed by atoms with van der Waals surface area (Å²) in [7, 11) is 1.68. The Morgan fingerprint density at radius 2 is 1.89 bits per heavy atom. The van der Waals surface area contributed by atoms with E-state index in [1.165, 1.54) is 37.5 Å². The SMILES string of the molecule is C=CC(=O)N1CC(C)N(C(=NC)c2cc(Cl)c(-c3ccc(F)cc3F)c3c2N(C=O)C(CCCN2CC4CCC2C4)CO3)C[C@H]1C. The maximum absolute atomic E-state index is 15.2. The van der Waals surface area contributed by atoms with Crippen molar-refractivity contribution in [1.82, 2.24) is 14.7 Å². The summed E-state index contributed by atoms with van der Waals surface area (Å²) in [5.41, 5.74) is 1.37. The molecular formula is C35H42ClF2N5O3. The van der Waals surface area contributed by atoms with Crippen molar-refractivity contribution in [1.29, 1.82) is 0 Å². The lowest BCUT2D eigenvalue weighted by Crippen LogP contribution is -2.59. The predicted octanol–water partition coefficient (Wildman–Crippen LogP) is 5.76. The van der Waals surface area contributed by atoms with Gasteiger partial charge in [-0.25, -0.2) is 8.78 Å². The summed E-state index contributed by atoms with van der Waals surface area (Å²) in [6.45, 7) is 10.9. The number of rotatable bonds is 8. The first-order valence-electron chi connectivity index (χ1n) is 16.2. The van der Waals surface area contributed by atoms with Crippen molar-refractivity contribution in [2.75, 3.05) is 44.7 Å². The molecule has 4 unspecified atom stereocenters. The van der Waals surface area contributed by atoms with Gasteiger partial charge in [0.1, 0.15) is 24.1 Å². The van der Waals surface area contributed by atoms with Gasteiger partial charge in [-0.3, -0.25) is 14.6 Å². The molecule has 1 saturated carbocycles. The van der Waals surface area contributed by atoms with E-state index < -0.39 is 11.6 Å². The first kappa shape index (κ1) is 32.4. The van der Waals surface area contributed by atoms with Crippen LogP contribution in [0.5, 0.6) is 5.75 Å². The molecule has 46 heavy (non-hydrogen) atoms. The van der Waals surface area contributed by atoms with Crippen molar-refractivity contribution in [3.05, 3.63) is 59.1 Å². The second-order valence-electron chi connectivity index (χ2n) is 13.1. The van der Waals surface area contributed by atoms with E-state index in [4.69, 9.17) is 21.3 Å². The molecule has 0 aromatic heterocycles. The number of hydrogen-bond donors (Lipinski definition) is 0. The lowest BCUT2D eigenvalue weighted by atomic mass is 9.95. The number of likely N-dealkylation sites (tertiary alicyclic amines) is 1. The van der Waals surface area contributed by atoms with Crippen LogP contribution >= 0.6 is 11.6 Å². The summed E-state index contributed by atoms with van der Waals surface area (Å²) in [5, 5.41) is 0.190. The molecule has 2 aromatic carbocycles. The molecule has 3 heterocycles. The lowest BCUT2D eigenvalue weighted by Gasteiger charge is -2.46. The van der Waals surface area contributed by atoms with E-state index in [2.05, 4.69) is 16.4 Å². The van der Waals surface area contributed by atoms with Crippen molar-refractivity contribution in [2.24, 2.45) is 10.9 Å². The van der Waals surface area contributed by atoms with Gasteiger partial charge < -0.3 is 24.3 Å². The first-order valence-corrected chi connectivity index (χ1v) is 16.6. The number of anilines is 1. The van der Waals surface area contributed by atoms with E-state index in [9.17, 15) is 14.0 Å². The Bertz CT molecular complexity index is 1550. The van der Waals surface area contributed by atoms with Gasteiger partial charge in [-0.05, 0) is 82.7 Å². The van der Waals surface area contributed by atoms with Gasteiger partial charge in [0.15, 0.2) is 5.75 Å². The molecule has 2 aromatic rings. The van der Waals surface area contributed by atoms with Crippen LogP contribution < -0.4 is 9.64 Å². The number of benzene rings is 2. The monoisotopic (exact) mass is 653 g/mol. The highest BCUT2D eigenvalue weighted by Crippen LogP contribution is 2.49. The third-order valence-electron chi connectivity index (χ3n) is 10.3. The van der Waals surface area contributed by atoms with Crippen molar-refractivity contribution in [3.63, 3.8) is 0 Å². The zero-order valence-corrected chi connectivity index (χ0v) is 27.5. The summed E-state index contributed by atoms with van der Waals surface area (Å²) in [4.78, 5) is 38.4. The normalized spacial score (nSPS) is 26.3. The molecule has 4 aliphatic rings.